The molecule has 0 aliphatic rings. The van der Waals surface area contributed by atoms with E-state index in [9.17, 15) is 0 Å². The highest BCUT2D eigenvalue weighted by Crippen LogP contribution is 2.11. The molecule has 0 aromatic carbocycles. The summed E-state index contributed by atoms with van der Waals surface area (Å²) in [5.41, 5.74) is 0. The molecule has 66 valence electrons. The number of allylic oxidation sites excluding steroid dienone is 1. The van der Waals surface area contributed by atoms with Crippen LogP contribution < -0.4 is 5.32 Å². The maximum Gasteiger partial charge on any atom is 0.0739 e. The normalized spacial score (nSPS) is 13.4. The molecule has 0 aliphatic carbocycles. The van der Waals surface area contributed by atoms with Gasteiger partial charge in [0.05, 0.1) is 8.07 Å². The minimum absolute atomic E-state index is 1.01. The van der Waals surface area contributed by atoms with Crippen LogP contribution in [0.5, 0.6) is 0 Å². The fourth-order valence-electron chi connectivity index (χ4n) is 0.586. The molecule has 0 heterocycles. The topological polar surface area (TPSA) is 12.0 Å². The average molecular weight is 171 g/mol. The largest absolute Gasteiger partial charge is 0.391 e. The molecular weight excluding hydrogens is 150 g/mol. The molecule has 0 saturated carbocycles. The van der Waals surface area contributed by atoms with E-state index in [0.29, 0.717) is 0 Å². The summed E-state index contributed by atoms with van der Waals surface area (Å²) in [4.78, 5) is 0. The molecule has 0 aromatic heterocycles. The van der Waals surface area contributed by atoms with Crippen molar-refractivity contribution in [1.29, 1.82) is 0 Å². The van der Waals surface area contributed by atoms with E-state index in [2.05, 4.69) is 45.0 Å². The summed E-state index contributed by atoms with van der Waals surface area (Å²) < 4.78 is 0. The van der Waals surface area contributed by atoms with Gasteiger partial charge in [0.15, 0.2) is 0 Å². The first kappa shape index (κ1) is 10.8. The summed E-state index contributed by atoms with van der Waals surface area (Å²) in [5, 5.41) is 4.86. The number of nitrogens with one attached hydrogen (secondary N) is 1. The van der Waals surface area contributed by atoms with Gasteiger partial charge in [-0.2, -0.15) is 0 Å². The molecule has 0 unspecified atom stereocenters. The third kappa shape index (κ3) is 5.07. The van der Waals surface area contributed by atoms with Gasteiger partial charge in [-0.1, -0.05) is 31.8 Å². The molecule has 11 heavy (non-hydrogen) atoms. The third-order valence-electron chi connectivity index (χ3n) is 1.90. The monoisotopic (exact) mass is 171 g/mol. The Hall–Kier alpha value is -0.243. The number of rotatable bonds is 4. The van der Waals surface area contributed by atoms with Gasteiger partial charge in [-0.25, -0.2) is 0 Å². The molecule has 1 nitrogen and oxygen atoms in total. The summed E-state index contributed by atoms with van der Waals surface area (Å²) in [6.07, 6.45) is 3.39. The zero-order chi connectivity index (χ0) is 8.91. The van der Waals surface area contributed by atoms with E-state index in [1.54, 1.807) is 5.20 Å². The first-order valence-electron chi connectivity index (χ1n) is 4.39. The molecule has 0 amide bonds. The molecule has 0 saturated heterocycles. The lowest BCUT2D eigenvalue weighted by atomic mass is 10.5. The highest BCUT2D eigenvalue weighted by Gasteiger charge is 2.14. The van der Waals surface area contributed by atoms with Gasteiger partial charge in [0.25, 0.3) is 0 Å². The van der Waals surface area contributed by atoms with Crippen LogP contribution in [0.25, 0.3) is 0 Å². The summed E-state index contributed by atoms with van der Waals surface area (Å²) in [5.74, 6) is 0. The molecular formula is C9H21NSi. The number of hydrogen-bond donors (Lipinski definition) is 1. The van der Waals surface area contributed by atoms with E-state index in [-0.39, 0.29) is 0 Å². The minimum Gasteiger partial charge on any atom is -0.391 e. The van der Waals surface area contributed by atoms with Crippen LogP contribution in [0.15, 0.2) is 11.4 Å². The summed E-state index contributed by atoms with van der Waals surface area (Å²) in [6.45, 7) is 12.6. The Morgan fingerprint density at radius 3 is 2.27 bits per heavy atom. The first-order chi connectivity index (χ1) is 4.98. The van der Waals surface area contributed by atoms with E-state index in [1.165, 1.54) is 6.42 Å². The fourth-order valence-corrected chi connectivity index (χ4v) is 1.12. The average Bonchev–Trinajstić information content (AvgIpc) is 1.86. The molecule has 0 aromatic rings. The molecule has 0 aliphatic heterocycles. The van der Waals surface area contributed by atoms with Gasteiger partial charge < -0.3 is 5.32 Å². The van der Waals surface area contributed by atoms with Gasteiger partial charge >= 0.3 is 0 Å². The van der Waals surface area contributed by atoms with Gasteiger partial charge in [-0.3, -0.25) is 0 Å². The predicted octanol–water partition coefficient (Wildman–Crippen LogP) is 2.77. The Bertz CT molecular complexity index is 133. The SMILES string of the molecule is CCCN/C=C(\C)[Si](C)(C)C. The Balaban J connectivity index is 3.81. The molecule has 0 bridgehead atoms. The molecule has 0 spiro atoms. The predicted molar refractivity (Wildman–Crippen MR) is 55.4 cm³/mol. The van der Waals surface area contributed by atoms with Crippen LogP contribution in [0.1, 0.15) is 20.3 Å². The van der Waals surface area contributed by atoms with E-state index in [1.807, 2.05) is 0 Å². The lowest BCUT2D eigenvalue weighted by molar-refractivity contribution is 0.806. The van der Waals surface area contributed by atoms with Gasteiger partial charge in [0.2, 0.25) is 0 Å². The van der Waals surface area contributed by atoms with Crippen molar-refractivity contribution >= 4 is 8.07 Å². The van der Waals surface area contributed by atoms with E-state index >= 15 is 0 Å². The van der Waals surface area contributed by atoms with Crippen molar-refractivity contribution in [3.05, 3.63) is 11.4 Å². The zero-order valence-corrected chi connectivity index (χ0v) is 9.49. The van der Waals surface area contributed by atoms with Crippen LogP contribution in [0.4, 0.5) is 0 Å². The number of hydrogen-bond acceptors (Lipinski definition) is 1. The highest BCUT2D eigenvalue weighted by molar-refractivity contribution is 6.82. The second-order valence-corrected chi connectivity index (χ2v) is 9.32. The van der Waals surface area contributed by atoms with Crippen molar-refractivity contribution in [2.24, 2.45) is 0 Å². The molecule has 2 heteroatoms. The van der Waals surface area contributed by atoms with E-state index in [4.69, 9.17) is 0 Å². The van der Waals surface area contributed by atoms with Gasteiger partial charge in [0.1, 0.15) is 0 Å². The highest BCUT2D eigenvalue weighted by atomic mass is 28.3. The lowest BCUT2D eigenvalue weighted by Crippen LogP contribution is -2.24. The van der Waals surface area contributed by atoms with E-state index in [0.717, 1.165) is 6.54 Å². The van der Waals surface area contributed by atoms with E-state index < -0.39 is 8.07 Å². The summed E-state index contributed by atoms with van der Waals surface area (Å²) in [7, 11) is -1.01. The van der Waals surface area contributed by atoms with Crippen LogP contribution in [0.3, 0.4) is 0 Å². The van der Waals surface area contributed by atoms with Crippen LogP contribution in [-0.2, 0) is 0 Å². The maximum absolute atomic E-state index is 3.31. The van der Waals surface area contributed by atoms with Crippen LogP contribution in [0.2, 0.25) is 19.6 Å². The Kier molecular flexibility index (Phi) is 4.50. The van der Waals surface area contributed by atoms with Crippen molar-refractivity contribution in [2.75, 3.05) is 6.54 Å². The Labute approximate surface area is 71.9 Å². The molecule has 0 atom stereocenters. The summed E-state index contributed by atoms with van der Waals surface area (Å²) in [6, 6.07) is 0. The standard InChI is InChI=1S/C9H21NSi/c1-6-7-10-8-9(2)11(3,4)5/h8,10H,6-7H2,1-5H3/b9-8+. The lowest BCUT2D eigenvalue weighted by Gasteiger charge is -2.16. The Morgan fingerprint density at radius 2 is 1.91 bits per heavy atom. The van der Waals surface area contributed by atoms with Crippen molar-refractivity contribution < 1.29 is 0 Å². The third-order valence-corrected chi connectivity index (χ3v) is 4.41. The smallest absolute Gasteiger partial charge is 0.0739 e. The van der Waals surface area contributed by atoms with Crippen molar-refractivity contribution in [3.8, 4) is 0 Å². The van der Waals surface area contributed by atoms with Crippen LogP contribution in [-0.4, -0.2) is 14.6 Å². The molecule has 0 radical (unpaired) electrons. The Morgan fingerprint density at radius 1 is 1.36 bits per heavy atom. The van der Waals surface area contributed by atoms with Gasteiger partial charge in [-0.15, -0.1) is 0 Å². The first-order valence-corrected chi connectivity index (χ1v) is 7.89. The van der Waals surface area contributed by atoms with Gasteiger partial charge in [0, 0.05) is 6.54 Å². The van der Waals surface area contributed by atoms with Gasteiger partial charge in [-0.05, 0) is 19.5 Å². The zero-order valence-electron chi connectivity index (χ0n) is 8.49. The minimum atomic E-state index is -1.01. The molecule has 0 fully saturated rings. The van der Waals surface area contributed by atoms with Crippen molar-refractivity contribution in [2.45, 2.75) is 39.9 Å². The van der Waals surface area contributed by atoms with Crippen LogP contribution >= 0.6 is 0 Å². The van der Waals surface area contributed by atoms with Crippen molar-refractivity contribution in [1.82, 2.24) is 5.32 Å². The van der Waals surface area contributed by atoms with Crippen LogP contribution in [0, 0.1) is 0 Å². The quantitative estimate of drug-likeness (QED) is 0.506. The fraction of sp³-hybridized carbons (Fsp3) is 0.778. The maximum atomic E-state index is 3.31. The molecule has 1 N–H and O–H groups in total. The second-order valence-electron chi connectivity index (χ2n) is 4.03. The molecule has 0 rings (SSSR count). The van der Waals surface area contributed by atoms with Crippen molar-refractivity contribution in [3.63, 3.8) is 0 Å². The second kappa shape index (κ2) is 4.60. The summed E-state index contributed by atoms with van der Waals surface area (Å²) >= 11 is 0.